The van der Waals surface area contributed by atoms with Crippen LogP contribution in [0.15, 0.2) is 66.7 Å². The second-order valence-electron chi connectivity index (χ2n) is 8.11. The molecule has 0 spiro atoms. The molecule has 0 bridgehead atoms. The van der Waals surface area contributed by atoms with Crippen molar-refractivity contribution in [3.63, 3.8) is 0 Å². The lowest BCUT2D eigenvalue weighted by Crippen LogP contribution is -3.00. The van der Waals surface area contributed by atoms with Crippen LogP contribution in [0.3, 0.4) is 0 Å². The van der Waals surface area contributed by atoms with Gasteiger partial charge in [0.15, 0.2) is 11.4 Å². The number of carboxylic acid groups (broad SMARTS) is 1. The second-order valence-corrected chi connectivity index (χ2v) is 8.11. The van der Waals surface area contributed by atoms with Crippen LogP contribution in [-0.2, 0) is 9.53 Å². The predicted molar refractivity (Wildman–Crippen MR) is 126 cm³/mol. The van der Waals surface area contributed by atoms with Gasteiger partial charge < -0.3 is 30.9 Å². The van der Waals surface area contributed by atoms with Gasteiger partial charge in [-0.25, -0.2) is 20.0 Å². The lowest BCUT2D eigenvalue weighted by molar-refractivity contribution is -0.996. The molecule has 3 aromatic rings. The third-order valence-electron chi connectivity index (χ3n) is 5.93. The van der Waals surface area contributed by atoms with Gasteiger partial charge in [-0.05, 0) is 28.3 Å². The summed E-state index contributed by atoms with van der Waals surface area (Å²) < 4.78 is 5.38. The Morgan fingerprint density at radius 1 is 0.944 bits per heavy atom. The maximum absolute atomic E-state index is 12.5. The molecule has 0 radical (unpaired) electrons. The smallest absolute Gasteiger partial charge is 0.407 e. The van der Waals surface area contributed by atoms with Gasteiger partial charge >= 0.3 is 12.1 Å². The number of nitrogens with one attached hydrogen (secondary N) is 4. The van der Waals surface area contributed by atoms with Crippen LogP contribution in [0, 0.1) is 10.4 Å². The van der Waals surface area contributed by atoms with Crippen LogP contribution >= 0.6 is 0 Å². The van der Waals surface area contributed by atoms with E-state index in [1.54, 1.807) is 0 Å². The molecule has 3 aromatic carbocycles. The zero-order chi connectivity index (χ0) is 25.8. The summed E-state index contributed by atoms with van der Waals surface area (Å²) in [4.78, 5) is 24.2. The molecule has 7 N–H and O–H groups in total. The normalized spacial score (nSPS) is 14.8. The Bertz CT molecular complexity index is 1220. The third kappa shape index (κ3) is 5.28. The first kappa shape index (κ1) is 25.1. The maximum atomic E-state index is 12.5. The van der Waals surface area contributed by atoms with Crippen LogP contribution in [0.4, 0.5) is 21.9 Å². The maximum Gasteiger partial charge on any atom is 0.407 e. The van der Waals surface area contributed by atoms with Crippen LogP contribution in [0.2, 0.25) is 0 Å². The number of alkyl carbamates (subject to hydrolysis) is 1. The van der Waals surface area contributed by atoms with E-state index in [0.29, 0.717) is 0 Å². The minimum Gasteiger partial charge on any atom is -0.595 e. The first-order chi connectivity index (χ1) is 17.3. The summed E-state index contributed by atoms with van der Waals surface area (Å²) >= 11 is 0. The van der Waals surface area contributed by atoms with Crippen molar-refractivity contribution in [2.24, 2.45) is 0 Å². The van der Waals surface area contributed by atoms with Gasteiger partial charge in [-0.15, -0.1) is 0 Å². The number of ether oxygens (including phenoxy) is 1. The summed E-state index contributed by atoms with van der Waals surface area (Å²) in [7, 11) is 0. The van der Waals surface area contributed by atoms with E-state index in [1.807, 2.05) is 48.5 Å². The van der Waals surface area contributed by atoms with Crippen molar-refractivity contribution in [2.45, 2.75) is 12.0 Å². The van der Waals surface area contributed by atoms with Gasteiger partial charge in [0.2, 0.25) is 0 Å². The summed E-state index contributed by atoms with van der Waals surface area (Å²) in [6.07, 6.45) is -0.939. The highest BCUT2D eigenvalue weighted by molar-refractivity contribution is 5.81. The first-order valence-electron chi connectivity index (χ1n) is 10.9. The van der Waals surface area contributed by atoms with E-state index in [9.17, 15) is 30.3 Å². The van der Waals surface area contributed by atoms with Crippen molar-refractivity contribution >= 4 is 29.1 Å². The molecule has 0 saturated heterocycles. The molecular weight excluding hydrogens is 472 g/mol. The zero-order valence-electron chi connectivity index (χ0n) is 18.8. The second kappa shape index (κ2) is 10.7. The van der Waals surface area contributed by atoms with E-state index in [4.69, 9.17) is 9.94 Å². The number of quaternary nitrogens is 2. The van der Waals surface area contributed by atoms with Crippen LogP contribution in [0.1, 0.15) is 17.0 Å². The molecule has 12 heteroatoms. The Balaban J connectivity index is 1.40. The monoisotopic (exact) mass is 496 g/mol. The quantitative estimate of drug-likeness (QED) is 0.212. The van der Waals surface area contributed by atoms with Gasteiger partial charge in [0.05, 0.1) is 6.07 Å². The molecule has 0 aliphatic heterocycles. The van der Waals surface area contributed by atoms with Crippen molar-refractivity contribution in [2.75, 3.05) is 18.5 Å². The zero-order valence-corrected chi connectivity index (χ0v) is 18.8. The van der Waals surface area contributed by atoms with E-state index < -0.39 is 28.6 Å². The highest BCUT2D eigenvalue weighted by Crippen LogP contribution is 2.44. The number of fused-ring (bicyclic) bond motifs is 3. The fourth-order valence-electron chi connectivity index (χ4n) is 4.20. The Hall–Kier alpha value is -4.04. The number of hydrogen-bond acceptors (Lipinski definition) is 8. The van der Waals surface area contributed by atoms with E-state index >= 15 is 0 Å². The topological polar surface area (TPSA) is 183 Å². The molecular formula is C24H24N4O8. The van der Waals surface area contributed by atoms with E-state index in [-0.39, 0.29) is 36.1 Å². The summed E-state index contributed by atoms with van der Waals surface area (Å²) in [6, 6.07) is 17.5. The van der Waals surface area contributed by atoms with Crippen molar-refractivity contribution in [3.05, 3.63) is 88.3 Å². The largest absolute Gasteiger partial charge is 0.595 e. The van der Waals surface area contributed by atoms with Gasteiger partial charge in [0.1, 0.15) is 18.3 Å². The molecule has 0 aromatic heterocycles. The van der Waals surface area contributed by atoms with Gasteiger partial charge in [-0.3, -0.25) is 0 Å². The Labute approximate surface area is 205 Å². The molecule has 188 valence electrons. The summed E-state index contributed by atoms with van der Waals surface area (Å²) in [5.41, 5.74) is 3.55. The SMILES string of the molecule is O=C(N[C@H](CNc1ccc([NH+]([O-])O)cc1[NH+]([O-])O)C(=O)O)OCC1c2ccccc2-c2ccccc21. The van der Waals surface area contributed by atoms with Gasteiger partial charge in [-0.2, -0.15) is 10.5 Å². The average molecular weight is 496 g/mol. The van der Waals surface area contributed by atoms with Gasteiger partial charge in [0.25, 0.3) is 0 Å². The van der Waals surface area contributed by atoms with E-state index in [0.717, 1.165) is 28.3 Å². The van der Waals surface area contributed by atoms with Crippen LogP contribution in [0.5, 0.6) is 0 Å². The molecule has 12 nitrogen and oxygen atoms in total. The number of rotatable bonds is 9. The number of carboxylic acids is 1. The molecule has 4 rings (SSSR count). The first-order valence-corrected chi connectivity index (χ1v) is 10.9. The van der Waals surface area contributed by atoms with Crippen molar-refractivity contribution < 1.29 is 40.3 Å². The van der Waals surface area contributed by atoms with Crippen molar-refractivity contribution in [1.82, 2.24) is 5.32 Å². The minimum atomic E-state index is -1.44. The lowest BCUT2D eigenvalue weighted by atomic mass is 9.98. The highest BCUT2D eigenvalue weighted by Gasteiger charge is 2.30. The molecule has 1 aliphatic rings. The minimum absolute atomic E-state index is 0.000555. The highest BCUT2D eigenvalue weighted by atomic mass is 16.8. The van der Waals surface area contributed by atoms with Crippen LogP contribution < -0.4 is 21.1 Å². The Kier molecular flexibility index (Phi) is 7.45. The number of amides is 1. The Morgan fingerprint density at radius 3 is 2.11 bits per heavy atom. The molecule has 36 heavy (non-hydrogen) atoms. The number of aliphatic carboxylic acids is 1. The summed E-state index contributed by atoms with van der Waals surface area (Å²) in [5.74, 6) is -1.56. The molecule has 2 unspecified atom stereocenters. The molecule has 0 heterocycles. The van der Waals surface area contributed by atoms with Gasteiger partial charge in [-0.1, -0.05) is 48.5 Å². The van der Waals surface area contributed by atoms with Crippen molar-refractivity contribution in [1.29, 1.82) is 0 Å². The number of benzene rings is 3. The molecule has 0 fully saturated rings. The molecule has 0 saturated carbocycles. The number of anilines is 1. The number of carbonyl (C=O) groups is 2. The van der Waals surface area contributed by atoms with E-state index in [1.165, 1.54) is 12.1 Å². The lowest BCUT2D eigenvalue weighted by Gasteiger charge is -2.21. The third-order valence-corrected chi connectivity index (χ3v) is 5.93. The fourth-order valence-corrected chi connectivity index (χ4v) is 4.20. The summed E-state index contributed by atoms with van der Waals surface area (Å²) in [6.45, 7) is -0.369. The summed E-state index contributed by atoms with van der Waals surface area (Å²) in [5, 5.41) is 52.8. The number of carbonyl (C=O) groups excluding carboxylic acids is 1. The van der Waals surface area contributed by atoms with Crippen molar-refractivity contribution in [3.8, 4) is 11.1 Å². The predicted octanol–water partition coefficient (Wildman–Crippen LogP) is 0.897. The molecule has 1 aliphatic carbocycles. The van der Waals surface area contributed by atoms with Gasteiger partial charge in [0, 0.05) is 18.5 Å². The van der Waals surface area contributed by atoms with Crippen LogP contribution in [-0.4, -0.2) is 46.8 Å². The average Bonchev–Trinajstić information content (AvgIpc) is 3.18. The number of hydrogen-bond donors (Lipinski definition) is 7. The molecule has 1 amide bonds. The standard InChI is InChI=1S/C24H24N4O8/c29-23(30)21(12-25-20-10-9-14(27(32)33)11-22(20)28(34)35)26-24(31)36-13-19-17-7-3-1-5-15(17)16-6-2-4-8-18(16)19/h1-11,19,21,25,27-28,32,34H,12-13H2,(H,26,31)(H,29,30)/t21-/m1/s1. The molecule has 3 atom stereocenters. The van der Waals surface area contributed by atoms with Crippen LogP contribution in [0.25, 0.3) is 11.1 Å². The van der Waals surface area contributed by atoms with E-state index in [2.05, 4.69) is 10.6 Å². The fraction of sp³-hybridized carbons (Fsp3) is 0.167. The Morgan fingerprint density at radius 2 is 1.56 bits per heavy atom.